The Bertz CT molecular complexity index is 29.8. The average molecular weight is 118 g/mol. The Morgan fingerprint density at radius 1 is 1.17 bits per heavy atom. The molecule has 0 saturated carbocycles. The van der Waals surface area contributed by atoms with Crippen LogP contribution in [-0.2, 0) is 0 Å². The summed E-state index contributed by atoms with van der Waals surface area (Å²) in [6, 6.07) is 0. The Morgan fingerprint density at radius 2 is 1.33 bits per heavy atom. The number of rotatable bonds is 1. The highest BCUT2D eigenvalue weighted by Gasteiger charge is 2.04. The molecular formula is C3H10OSi2. The minimum atomic E-state index is -0.850. The van der Waals surface area contributed by atoms with Gasteiger partial charge in [-0.25, -0.2) is 0 Å². The summed E-state index contributed by atoms with van der Waals surface area (Å²) in [7, 11) is -1.14. The predicted octanol–water partition coefficient (Wildman–Crippen LogP) is 0.433. The van der Waals surface area contributed by atoms with E-state index in [0.717, 1.165) is 0 Å². The Kier molecular flexibility index (Phi) is 2.71. The lowest BCUT2D eigenvalue weighted by Crippen LogP contribution is -2.25. The molecule has 0 saturated heterocycles. The van der Waals surface area contributed by atoms with Gasteiger partial charge in [0.1, 0.15) is 0 Å². The number of hydrogen-bond donors (Lipinski definition) is 1. The van der Waals surface area contributed by atoms with E-state index >= 15 is 0 Å². The molecule has 0 bridgehead atoms. The van der Waals surface area contributed by atoms with E-state index in [1.807, 2.05) is 6.55 Å². The third-order valence-electron chi connectivity index (χ3n) is 0.724. The van der Waals surface area contributed by atoms with Crippen molar-refractivity contribution >= 4 is 16.9 Å². The highest BCUT2D eigenvalue weighted by atomic mass is 29.2. The third-order valence-corrected chi connectivity index (χ3v) is 6.51. The van der Waals surface area contributed by atoms with Gasteiger partial charge in [0.2, 0.25) is 0 Å². The van der Waals surface area contributed by atoms with Crippen LogP contribution >= 0.6 is 0 Å². The van der Waals surface area contributed by atoms with E-state index in [9.17, 15) is 0 Å². The smallest absolute Gasteiger partial charge is 0.185 e. The van der Waals surface area contributed by atoms with Crippen LogP contribution in [0, 0.1) is 0 Å². The van der Waals surface area contributed by atoms with Crippen molar-refractivity contribution in [3.05, 3.63) is 0 Å². The zero-order valence-electron chi connectivity index (χ0n) is 4.45. The van der Waals surface area contributed by atoms with Gasteiger partial charge in [0.15, 0.2) is 8.56 Å². The number of hydrogen-bond acceptors (Lipinski definition) is 1. The summed E-state index contributed by atoms with van der Waals surface area (Å²) in [6.07, 6.45) is 0. The van der Waals surface area contributed by atoms with Crippen molar-refractivity contribution < 1.29 is 4.80 Å². The van der Waals surface area contributed by atoms with Gasteiger partial charge in [-0.15, -0.1) is 0 Å². The van der Waals surface area contributed by atoms with Crippen molar-refractivity contribution in [3.63, 3.8) is 0 Å². The molecule has 0 spiro atoms. The quantitative estimate of drug-likeness (QED) is 0.495. The Hall–Kier alpha value is 0.394. The second kappa shape index (κ2) is 2.55. The fraction of sp³-hybridized carbons (Fsp3) is 1.00. The average Bonchev–Trinajstić information content (AvgIpc) is 1.36. The Labute approximate surface area is 42.1 Å². The molecule has 2 radical (unpaired) electrons. The fourth-order valence-electron chi connectivity index (χ4n) is 0. The summed E-state index contributed by atoms with van der Waals surface area (Å²) in [6.45, 7) is 6.22. The van der Waals surface area contributed by atoms with Crippen molar-refractivity contribution in [3.8, 4) is 0 Å². The van der Waals surface area contributed by atoms with Crippen molar-refractivity contribution in [2.75, 3.05) is 0 Å². The summed E-state index contributed by atoms with van der Waals surface area (Å²) in [5.41, 5.74) is 0. The summed E-state index contributed by atoms with van der Waals surface area (Å²) < 4.78 is 0. The van der Waals surface area contributed by atoms with E-state index in [1.54, 1.807) is 0 Å². The molecule has 0 aliphatic heterocycles. The minimum absolute atomic E-state index is 0.294. The zero-order chi connectivity index (χ0) is 5.15. The zero-order valence-corrected chi connectivity index (χ0v) is 6.45. The molecule has 0 aromatic heterocycles. The first kappa shape index (κ1) is 6.39. The molecule has 0 rings (SSSR count). The second-order valence-corrected chi connectivity index (χ2v) is 9.93. The van der Waals surface area contributed by atoms with Gasteiger partial charge in [0, 0.05) is 0 Å². The van der Waals surface area contributed by atoms with Gasteiger partial charge >= 0.3 is 0 Å². The molecule has 0 aromatic rings. The summed E-state index contributed by atoms with van der Waals surface area (Å²) in [4.78, 5) is 8.78. The highest BCUT2D eigenvalue weighted by Crippen LogP contribution is 1.81. The van der Waals surface area contributed by atoms with Crippen LogP contribution in [0.5, 0.6) is 0 Å². The third kappa shape index (κ3) is 2.62. The van der Waals surface area contributed by atoms with E-state index in [-0.39, 0.29) is 8.31 Å². The molecule has 0 aliphatic rings. The van der Waals surface area contributed by atoms with Gasteiger partial charge in [-0.2, -0.15) is 0 Å². The van der Waals surface area contributed by atoms with Crippen LogP contribution < -0.4 is 0 Å². The Balaban J connectivity index is 2.99. The highest BCUT2D eigenvalue weighted by molar-refractivity contribution is 7.17. The molecule has 3 heteroatoms. The van der Waals surface area contributed by atoms with Crippen LogP contribution in [0.2, 0.25) is 19.6 Å². The second-order valence-electron chi connectivity index (χ2n) is 1.59. The van der Waals surface area contributed by atoms with Crippen molar-refractivity contribution in [2.45, 2.75) is 19.6 Å². The van der Waals surface area contributed by atoms with E-state index < -0.39 is 8.56 Å². The first-order valence-electron chi connectivity index (χ1n) is 1.97. The molecule has 0 fully saturated rings. The maximum Gasteiger partial charge on any atom is 0.185 e. The van der Waals surface area contributed by atoms with E-state index in [4.69, 9.17) is 4.80 Å². The fourth-order valence-corrected chi connectivity index (χ4v) is 0. The molecule has 0 aromatic carbocycles. The van der Waals surface area contributed by atoms with Crippen molar-refractivity contribution in [1.29, 1.82) is 0 Å². The lowest BCUT2D eigenvalue weighted by atomic mass is 11.9. The van der Waals surface area contributed by atoms with Crippen molar-refractivity contribution in [2.24, 2.45) is 0 Å². The van der Waals surface area contributed by atoms with Gasteiger partial charge in [-0.05, 0) is 6.55 Å². The molecule has 0 aliphatic carbocycles. The monoisotopic (exact) mass is 118 g/mol. The van der Waals surface area contributed by atoms with Crippen LogP contribution in [0.1, 0.15) is 0 Å². The standard InChI is InChI=1S/C3H10OSi2/c1-5(2)6(3)4/h4H,1-3H3. The van der Waals surface area contributed by atoms with E-state index in [1.165, 1.54) is 0 Å². The van der Waals surface area contributed by atoms with Gasteiger partial charge in [-0.1, -0.05) is 13.1 Å². The van der Waals surface area contributed by atoms with Gasteiger partial charge in [0.05, 0.1) is 8.31 Å². The molecule has 1 N–H and O–H groups in total. The SMILES string of the molecule is C[Si](C)[Si](C)O. The van der Waals surface area contributed by atoms with Crippen LogP contribution in [0.3, 0.4) is 0 Å². The van der Waals surface area contributed by atoms with Gasteiger partial charge in [-0.3, -0.25) is 0 Å². The van der Waals surface area contributed by atoms with Crippen LogP contribution in [0.4, 0.5) is 0 Å². The topological polar surface area (TPSA) is 20.2 Å². The lowest BCUT2D eigenvalue weighted by Gasteiger charge is -1.98. The largest absolute Gasteiger partial charge is 0.435 e. The molecule has 0 unspecified atom stereocenters. The maximum absolute atomic E-state index is 8.78. The van der Waals surface area contributed by atoms with Gasteiger partial charge in [0.25, 0.3) is 0 Å². The first-order valence-corrected chi connectivity index (χ1v) is 7.42. The van der Waals surface area contributed by atoms with E-state index in [0.29, 0.717) is 0 Å². The Morgan fingerprint density at radius 3 is 1.33 bits per heavy atom. The van der Waals surface area contributed by atoms with Crippen LogP contribution in [0.15, 0.2) is 0 Å². The maximum atomic E-state index is 8.78. The summed E-state index contributed by atoms with van der Waals surface area (Å²) >= 11 is 0. The summed E-state index contributed by atoms with van der Waals surface area (Å²) in [5, 5.41) is 0. The molecule has 0 heterocycles. The molecule has 0 atom stereocenters. The van der Waals surface area contributed by atoms with Crippen molar-refractivity contribution in [1.82, 2.24) is 0 Å². The normalized spacial score (nSPS) is 11.0. The predicted molar refractivity (Wildman–Crippen MR) is 31.3 cm³/mol. The van der Waals surface area contributed by atoms with E-state index in [2.05, 4.69) is 13.1 Å². The van der Waals surface area contributed by atoms with Crippen LogP contribution in [0.25, 0.3) is 0 Å². The lowest BCUT2D eigenvalue weighted by molar-refractivity contribution is 0.599. The molecule has 6 heavy (non-hydrogen) atoms. The molecule has 0 amide bonds. The minimum Gasteiger partial charge on any atom is -0.435 e. The van der Waals surface area contributed by atoms with Gasteiger partial charge < -0.3 is 4.80 Å². The molecular weight excluding hydrogens is 108 g/mol. The van der Waals surface area contributed by atoms with Crippen LogP contribution in [-0.4, -0.2) is 21.7 Å². The molecule has 36 valence electrons. The summed E-state index contributed by atoms with van der Waals surface area (Å²) in [5.74, 6) is 0. The first-order chi connectivity index (χ1) is 2.64. The molecule has 1 nitrogen and oxygen atoms in total.